The molecule has 12 heterocycles. The number of pyridine rings is 4. The van der Waals surface area contributed by atoms with Gasteiger partial charge >= 0.3 is 29.0 Å². The second kappa shape index (κ2) is 42.4. The van der Waals surface area contributed by atoms with E-state index in [0.717, 1.165) is 126 Å². The van der Waals surface area contributed by atoms with Crippen molar-refractivity contribution in [3.05, 3.63) is 252 Å². The van der Waals surface area contributed by atoms with Crippen LogP contribution in [0.3, 0.4) is 0 Å². The fraction of sp³-hybridized carbons (Fsp3) is 0.416. The van der Waals surface area contributed by atoms with Crippen LogP contribution in [0.1, 0.15) is 205 Å². The van der Waals surface area contributed by atoms with E-state index in [4.69, 9.17) is 34.2 Å². The summed E-state index contributed by atoms with van der Waals surface area (Å²) in [6, 6.07) is 12.0. The van der Waals surface area contributed by atoms with Crippen LogP contribution in [0.15, 0.2) is 117 Å². The Kier molecular flexibility index (Phi) is 33.1. The number of hydrogen-bond donors (Lipinski definition) is 7. The number of nitrogens with zero attached hydrogens (tertiary/aromatic N) is 8. The maximum Gasteiger partial charge on any atom is 2.00 e. The number of nitrogens with two attached hydrogens (primary N) is 1. The second-order valence-corrected chi connectivity index (χ2v) is 32.5. The fourth-order valence-electron chi connectivity index (χ4n) is 18.9. The molecular formula is C89H94Br2F8MgN12O21. The summed E-state index contributed by atoms with van der Waals surface area (Å²) < 4.78 is 145. The summed E-state index contributed by atoms with van der Waals surface area (Å²) in [6.45, 7) is 0.446. The van der Waals surface area contributed by atoms with Gasteiger partial charge in [-0.3, -0.25) is 52.7 Å². The molecule has 12 atom stereocenters. The van der Waals surface area contributed by atoms with Gasteiger partial charge in [-0.15, -0.1) is 0 Å². The number of aromatic nitrogens is 4. The standard InChI is InChI=1S/C22H21F2N3O5.2C21H19F2N3O5.C15H16N2O6.C7H7F2N.3CH4.2BrH.Mg/c1-31-20-18-22(30)27-14-2-3-15(7-14)32-17(27)10-26(18)9-16(19(20)28)21(29)25-8-11-4-12(23)6-13(24)5-11;2*22-11-3-10(4-12(23)5-11)7-24-20(29)15-8-25-9-16-26(13-1-2-14(6-13)31-16)21(30)17(25)19(28)18(15)27;1-22-13-11-14(19)17-7-2-3-8(4-7)23-10(17)6-16(11)5-9(12(13)18)15(20)21;8-6-1-5(4-10)2-7(9)3-6;;;;;;/h4-6,9,14-15,17H,2-3,7-8,10H2,1H3,(H,25,29);2*3-5,8,13-14,16,28H,1-2,6-7,9H2,(H,24,29);5,7-8,10H,2-4,6H2,1H3,(H,20,21);1-3H,4,10H2;3*1H4;2*1H;/q;;;;;;;;;;+2/p-2/t14-,15+,17+;2*13-,14+,16+;7-,8+,10+;;;;;;;/m1111......./s1. The van der Waals surface area contributed by atoms with E-state index in [-0.39, 0.29) is 253 Å². The van der Waals surface area contributed by atoms with Gasteiger partial charge in [-0.2, -0.15) is 0 Å². The summed E-state index contributed by atoms with van der Waals surface area (Å²) >= 11 is 0. The number of hydrogen-bond acceptors (Lipinski definition) is 21. The predicted octanol–water partition coefficient (Wildman–Crippen LogP) is 2.04. The SMILES string of the molecule is C.C.C.COc1c2n(cc(C(=O)NCc3cc(F)cc(F)c3)c1=O)C[C@@H]1O[C@H]3CC[C@H](C3)N1C2=O.COc1c2n(cc(C(=O)O)c1=O)C[C@@H]1O[C@H]3CC[C@H](C3)N1C2=O.NCc1cc(F)cc(F)c1.O=C(NCc1cc(F)cc(F)c1)c1cn2c(c(O)c1=O)C(=O)N1[C@@H]3CC[C@@H](C3)O[C@H]1C2.O=C(NCc1cc(F)cc(F)c1)c1cn2c(c(O)c1=O)C(=O)N1[C@@H]3CC[C@@H](C3)O[C@H]1C2.[Br-].[Br-].[Mg+2]. The quantitative estimate of drug-likeness (QED) is 0.0641. The van der Waals surface area contributed by atoms with E-state index in [1.807, 2.05) is 0 Å². The normalized spacial score (nSPS) is 22.5. The molecule has 4 saturated heterocycles. The van der Waals surface area contributed by atoms with Crippen LogP contribution in [-0.4, -0.2) is 211 Å². The molecule has 8 bridgehead atoms. The van der Waals surface area contributed by atoms with Crippen LogP contribution < -0.4 is 86.8 Å². The van der Waals surface area contributed by atoms with E-state index in [2.05, 4.69) is 16.0 Å². The number of halogens is 10. The molecule has 12 aliphatic rings. The molecule has 7 amide bonds. The van der Waals surface area contributed by atoms with E-state index in [1.54, 1.807) is 19.6 Å². The number of benzene rings is 4. The maximum atomic E-state index is 13.4. The molecule has 133 heavy (non-hydrogen) atoms. The van der Waals surface area contributed by atoms with E-state index in [0.29, 0.717) is 24.2 Å². The summed E-state index contributed by atoms with van der Waals surface area (Å²) in [5.41, 5.74) is 1.16. The van der Waals surface area contributed by atoms with Gasteiger partial charge in [0.25, 0.3) is 41.4 Å². The Balaban J connectivity index is 0.000000176. The molecule has 20 rings (SSSR count). The summed E-state index contributed by atoms with van der Waals surface area (Å²) in [6.07, 6.45) is 13.3. The van der Waals surface area contributed by atoms with Crippen molar-refractivity contribution in [2.24, 2.45) is 5.73 Å². The van der Waals surface area contributed by atoms with Gasteiger partial charge in [-0.25, -0.2) is 39.9 Å². The summed E-state index contributed by atoms with van der Waals surface area (Å²) in [5, 5.41) is 37.4. The minimum absolute atomic E-state index is 0. The van der Waals surface area contributed by atoms with Gasteiger partial charge in [0.1, 0.15) is 68.8 Å². The number of amides is 7. The average Bonchev–Trinajstić information content (AvgIpc) is 1.74. The number of fused-ring (bicyclic) bond motifs is 20. The molecule has 44 heteroatoms. The van der Waals surface area contributed by atoms with Crippen LogP contribution in [0, 0.1) is 46.5 Å². The van der Waals surface area contributed by atoms with Crippen LogP contribution in [0.25, 0.3) is 0 Å². The number of nitrogens with one attached hydrogen (secondary N) is 3. The first-order valence-corrected chi connectivity index (χ1v) is 40.8. The molecule has 0 unspecified atom stereocenters. The van der Waals surface area contributed by atoms with E-state index >= 15 is 0 Å². The predicted molar refractivity (Wildman–Crippen MR) is 449 cm³/mol. The fourth-order valence-corrected chi connectivity index (χ4v) is 18.9. The van der Waals surface area contributed by atoms with Gasteiger partial charge in [0.05, 0.1) is 64.8 Å². The number of rotatable bonds is 13. The van der Waals surface area contributed by atoms with Crippen LogP contribution in [-0.2, 0) is 71.3 Å². The number of aromatic carboxylic acids is 1. The Labute approximate surface area is 791 Å². The topological polar surface area (TPSA) is 416 Å². The van der Waals surface area contributed by atoms with Gasteiger partial charge in [0, 0.05) is 99.4 Å². The van der Waals surface area contributed by atoms with Gasteiger partial charge < -0.3 is 137 Å². The first-order valence-electron chi connectivity index (χ1n) is 40.8. The third-order valence-electron chi connectivity index (χ3n) is 24.4. The van der Waals surface area contributed by atoms with E-state index in [1.165, 1.54) is 69.4 Å². The number of carbonyl (C=O) groups is 8. The van der Waals surface area contributed by atoms with Crippen molar-refractivity contribution >= 4 is 70.4 Å². The molecule has 8 aliphatic heterocycles. The van der Waals surface area contributed by atoms with Gasteiger partial charge in [-0.1, -0.05) is 22.3 Å². The first-order chi connectivity index (χ1) is 60.7. The number of carboxylic acid groups (broad SMARTS) is 1. The number of carboxylic acids is 1. The first kappa shape index (κ1) is 104. The van der Waals surface area contributed by atoms with E-state index < -0.39 is 146 Å². The zero-order valence-electron chi connectivity index (χ0n) is 69.1. The van der Waals surface area contributed by atoms with Gasteiger partial charge in [0.15, 0.2) is 70.7 Å². The van der Waals surface area contributed by atoms with Crippen LogP contribution >= 0.6 is 0 Å². The molecule has 4 aliphatic carbocycles. The molecule has 8 N–H and O–H groups in total. The molecular weight excluding hydrogens is 1910 g/mol. The van der Waals surface area contributed by atoms with Crippen molar-refractivity contribution in [3.8, 4) is 23.0 Å². The second-order valence-electron chi connectivity index (χ2n) is 32.5. The van der Waals surface area contributed by atoms with Crippen molar-refractivity contribution in [2.45, 2.75) is 225 Å². The Morgan fingerprint density at radius 1 is 0.376 bits per heavy atom. The van der Waals surface area contributed by atoms with Crippen molar-refractivity contribution in [1.29, 1.82) is 0 Å². The van der Waals surface area contributed by atoms with Crippen molar-refractivity contribution in [1.82, 2.24) is 53.8 Å². The number of ether oxygens (including phenoxy) is 6. The molecule has 8 fully saturated rings. The van der Waals surface area contributed by atoms with Crippen LogP contribution in [0.2, 0.25) is 0 Å². The molecule has 0 radical (unpaired) electrons. The van der Waals surface area contributed by atoms with Crippen molar-refractivity contribution < 1.29 is 151 Å². The number of aromatic hydroxyl groups is 2. The molecule has 33 nitrogen and oxygen atoms in total. The Morgan fingerprint density at radius 3 is 0.865 bits per heavy atom. The minimum atomic E-state index is -1.34. The van der Waals surface area contributed by atoms with Gasteiger partial charge in [-0.05, 0) is 148 Å². The van der Waals surface area contributed by atoms with Crippen LogP contribution in [0.5, 0.6) is 23.0 Å². The maximum absolute atomic E-state index is 13.4. The molecule has 4 aromatic heterocycles. The Hall–Kier alpha value is -11.4. The van der Waals surface area contributed by atoms with E-state index in [9.17, 15) is 108 Å². The zero-order valence-corrected chi connectivity index (χ0v) is 73.7. The van der Waals surface area contributed by atoms with Crippen molar-refractivity contribution in [3.63, 3.8) is 0 Å². The number of carbonyl (C=O) groups excluding carboxylic acids is 7. The minimum Gasteiger partial charge on any atom is -1.00 e. The summed E-state index contributed by atoms with van der Waals surface area (Å²) in [4.78, 5) is 158. The van der Waals surface area contributed by atoms with Crippen molar-refractivity contribution in [2.75, 3.05) is 14.2 Å². The molecule has 8 aromatic rings. The third kappa shape index (κ3) is 20.8. The summed E-state index contributed by atoms with van der Waals surface area (Å²) in [5.74, 6) is -13.3. The zero-order chi connectivity index (χ0) is 90.2. The van der Waals surface area contributed by atoms with Crippen LogP contribution in [0.4, 0.5) is 35.1 Å². The largest absolute Gasteiger partial charge is 2.00 e. The molecule has 0 spiro atoms. The Bertz CT molecular complexity index is 5890. The monoisotopic (exact) mass is 2000 g/mol. The average molecular weight is 2000 g/mol. The smallest absolute Gasteiger partial charge is 1.00 e. The Morgan fingerprint density at radius 2 is 0.609 bits per heavy atom. The summed E-state index contributed by atoms with van der Waals surface area (Å²) in [7, 11) is 2.54. The van der Waals surface area contributed by atoms with Gasteiger partial charge in [0.2, 0.25) is 21.7 Å². The molecule has 4 aromatic carbocycles. The molecule has 708 valence electrons. The molecule has 4 saturated carbocycles. The third-order valence-corrected chi connectivity index (χ3v) is 24.4. The number of methoxy groups -OCH3 is 2.